The van der Waals surface area contributed by atoms with Crippen LogP contribution in [0.4, 0.5) is 0 Å². The summed E-state index contributed by atoms with van der Waals surface area (Å²) in [6.45, 7) is 8.84. The Balaban J connectivity index is 2.59. The Hall–Kier alpha value is -1.02. The molecule has 0 spiro atoms. The second-order valence-corrected chi connectivity index (χ2v) is 6.15. The summed E-state index contributed by atoms with van der Waals surface area (Å²) in [6.07, 6.45) is 2.21. The molecule has 0 aromatic heterocycles. The number of rotatable bonds is 4. The summed E-state index contributed by atoms with van der Waals surface area (Å²) in [4.78, 5) is 0. The topological polar surface area (TPSA) is 35.2 Å². The fourth-order valence-electron chi connectivity index (χ4n) is 2.48. The Morgan fingerprint density at radius 1 is 1.06 bits per heavy atom. The Bertz CT molecular complexity index is 415. The maximum absolute atomic E-state index is 6.36. The van der Waals surface area contributed by atoms with Gasteiger partial charge in [0, 0.05) is 5.54 Å². The molecule has 1 fully saturated rings. The minimum absolute atomic E-state index is 0.0699. The van der Waals surface area contributed by atoms with Crippen molar-refractivity contribution in [1.82, 2.24) is 0 Å². The van der Waals surface area contributed by atoms with Crippen molar-refractivity contribution in [3.63, 3.8) is 0 Å². The molecule has 18 heavy (non-hydrogen) atoms. The van der Waals surface area contributed by atoms with Crippen LogP contribution in [0.15, 0.2) is 12.1 Å². The molecule has 2 rings (SSSR count). The third-order valence-corrected chi connectivity index (χ3v) is 3.96. The van der Waals surface area contributed by atoms with Gasteiger partial charge in [0.05, 0.1) is 7.11 Å². The van der Waals surface area contributed by atoms with Crippen molar-refractivity contribution in [3.8, 4) is 5.75 Å². The van der Waals surface area contributed by atoms with Gasteiger partial charge in [-0.25, -0.2) is 0 Å². The molecule has 1 aromatic rings. The molecule has 0 unspecified atom stereocenters. The second kappa shape index (κ2) is 4.58. The third kappa shape index (κ3) is 2.26. The molecule has 1 aliphatic rings. The Kier molecular flexibility index (Phi) is 3.41. The summed E-state index contributed by atoms with van der Waals surface area (Å²) >= 11 is 0. The van der Waals surface area contributed by atoms with Crippen molar-refractivity contribution in [2.75, 3.05) is 7.11 Å². The lowest BCUT2D eigenvalue weighted by Gasteiger charge is -2.22. The van der Waals surface area contributed by atoms with Gasteiger partial charge in [-0.15, -0.1) is 0 Å². The summed E-state index contributed by atoms with van der Waals surface area (Å²) in [5.74, 6) is 1.97. The smallest absolute Gasteiger partial charge is 0.125 e. The predicted molar refractivity (Wildman–Crippen MR) is 76.3 cm³/mol. The average molecular weight is 247 g/mol. The first-order valence-corrected chi connectivity index (χ1v) is 6.90. The molecule has 0 bridgehead atoms. The van der Waals surface area contributed by atoms with Crippen molar-refractivity contribution >= 4 is 0 Å². The van der Waals surface area contributed by atoms with E-state index in [0.29, 0.717) is 11.8 Å². The van der Waals surface area contributed by atoms with Gasteiger partial charge in [-0.2, -0.15) is 0 Å². The first-order valence-electron chi connectivity index (χ1n) is 6.90. The van der Waals surface area contributed by atoms with Crippen molar-refractivity contribution in [3.05, 3.63) is 28.8 Å². The highest BCUT2D eigenvalue weighted by Crippen LogP contribution is 2.46. The first kappa shape index (κ1) is 13.4. The van der Waals surface area contributed by atoms with Crippen molar-refractivity contribution in [2.45, 2.75) is 57.9 Å². The number of ether oxygens (including phenoxy) is 1. The summed E-state index contributed by atoms with van der Waals surface area (Å²) in [5, 5.41) is 0. The maximum atomic E-state index is 6.36. The zero-order chi connectivity index (χ0) is 13.5. The van der Waals surface area contributed by atoms with Gasteiger partial charge in [0.2, 0.25) is 0 Å². The van der Waals surface area contributed by atoms with Gasteiger partial charge >= 0.3 is 0 Å². The normalized spacial score (nSPS) is 17.3. The van der Waals surface area contributed by atoms with Gasteiger partial charge in [-0.05, 0) is 53.5 Å². The predicted octanol–water partition coefficient (Wildman–Crippen LogP) is 3.89. The minimum Gasteiger partial charge on any atom is -0.496 e. The zero-order valence-corrected chi connectivity index (χ0v) is 12.2. The second-order valence-electron chi connectivity index (χ2n) is 6.15. The standard InChI is InChI=1S/C16H25NO/c1-10(2)13-8-12(16(17)6-7-16)9-14(11(3)4)15(13)18-5/h8-11H,6-7,17H2,1-5H3. The van der Waals surface area contributed by atoms with E-state index < -0.39 is 0 Å². The third-order valence-electron chi connectivity index (χ3n) is 3.96. The van der Waals surface area contributed by atoms with Gasteiger partial charge in [-0.3, -0.25) is 0 Å². The van der Waals surface area contributed by atoms with Crippen LogP contribution < -0.4 is 10.5 Å². The number of methoxy groups -OCH3 is 1. The minimum atomic E-state index is -0.0699. The van der Waals surface area contributed by atoms with Crippen LogP contribution in [0.25, 0.3) is 0 Å². The van der Waals surface area contributed by atoms with E-state index in [1.807, 2.05) is 0 Å². The van der Waals surface area contributed by atoms with E-state index in [-0.39, 0.29) is 5.54 Å². The molecule has 0 radical (unpaired) electrons. The maximum Gasteiger partial charge on any atom is 0.125 e. The van der Waals surface area contributed by atoms with Crippen LogP contribution in [-0.4, -0.2) is 7.11 Å². The highest BCUT2D eigenvalue weighted by molar-refractivity contribution is 5.50. The van der Waals surface area contributed by atoms with E-state index >= 15 is 0 Å². The fraction of sp³-hybridized carbons (Fsp3) is 0.625. The van der Waals surface area contributed by atoms with Crippen LogP contribution in [-0.2, 0) is 5.54 Å². The molecule has 2 N–H and O–H groups in total. The van der Waals surface area contributed by atoms with Gasteiger partial charge < -0.3 is 10.5 Å². The quantitative estimate of drug-likeness (QED) is 0.876. The number of hydrogen-bond acceptors (Lipinski definition) is 2. The molecule has 1 saturated carbocycles. The molecule has 0 heterocycles. The van der Waals surface area contributed by atoms with Gasteiger partial charge in [0.25, 0.3) is 0 Å². The monoisotopic (exact) mass is 247 g/mol. The Morgan fingerprint density at radius 2 is 1.50 bits per heavy atom. The number of nitrogens with two attached hydrogens (primary N) is 1. The lowest BCUT2D eigenvalue weighted by Crippen LogP contribution is -2.20. The molecule has 0 saturated heterocycles. The van der Waals surface area contributed by atoms with E-state index in [1.165, 1.54) is 16.7 Å². The highest BCUT2D eigenvalue weighted by atomic mass is 16.5. The van der Waals surface area contributed by atoms with E-state index in [0.717, 1.165) is 18.6 Å². The van der Waals surface area contributed by atoms with E-state index in [4.69, 9.17) is 10.5 Å². The molecule has 0 atom stereocenters. The summed E-state index contributed by atoms with van der Waals surface area (Å²) < 4.78 is 5.65. The molecular weight excluding hydrogens is 222 g/mol. The Morgan fingerprint density at radius 3 is 1.78 bits per heavy atom. The number of benzene rings is 1. The largest absolute Gasteiger partial charge is 0.496 e. The molecule has 100 valence electrons. The molecule has 0 amide bonds. The summed E-state index contributed by atoms with van der Waals surface area (Å²) in [7, 11) is 1.77. The number of hydrogen-bond donors (Lipinski definition) is 1. The van der Waals surface area contributed by atoms with Crippen LogP contribution in [0.3, 0.4) is 0 Å². The lowest BCUT2D eigenvalue weighted by molar-refractivity contribution is 0.399. The molecule has 2 heteroatoms. The Labute approximate surface area is 111 Å². The van der Waals surface area contributed by atoms with Crippen molar-refractivity contribution < 1.29 is 4.74 Å². The van der Waals surface area contributed by atoms with Crippen LogP contribution in [0, 0.1) is 0 Å². The zero-order valence-electron chi connectivity index (χ0n) is 12.2. The SMILES string of the molecule is COc1c(C(C)C)cc(C2(N)CC2)cc1C(C)C. The average Bonchev–Trinajstić information content (AvgIpc) is 3.06. The molecule has 2 nitrogen and oxygen atoms in total. The van der Waals surface area contributed by atoms with Crippen LogP contribution in [0.1, 0.15) is 69.1 Å². The van der Waals surface area contributed by atoms with Gasteiger partial charge in [0.1, 0.15) is 5.75 Å². The van der Waals surface area contributed by atoms with Gasteiger partial charge in [0.15, 0.2) is 0 Å². The van der Waals surface area contributed by atoms with Crippen LogP contribution in [0.2, 0.25) is 0 Å². The van der Waals surface area contributed by atoms with Crippen molar-refractivity contribution in [2.24, 2.45) is 5.73 Å². The van der Waals surface area contributed by atoms with Gasteiger partial charge in [-0.1, -0.05) is 27.7 Å². The lowest BCUT2D eigenvalue weighted by atomic mass is 9.89. The van der Waals surface area contributed by atoms with Crippen LogP contribution in [0.5, 0.6) is 5.75 Å². The summed E-state index contributed by atoms with van der Waals surface area (Å²) in [6, 6.07) is 4.50. The van der Waals surface area contributed by atoms with Crippen LogP contribution >= 0.6 is 0 Å². The molecule has 0 aliphatic heterocycles. The summed E-state index contributed by atoms with van der Waals surface area (Å²) in [5.41, 5.74) is 10.1. The molecular formula is C16H25NO. The van der Waals surface area contributed by atoms with Crippen molar-refractivity contribution in [1.29, 1.82) is 0 Å². The fourth-order valence-corrected chi connectivity index (χ4v) is 2.48. The first-order chi connectivity index (χ1) is 8.39. The highest BCUT2D eigenvalue weighted by Gasteiger charge is 2.41. The van der Waals surface area contributed by atoms with E-state index in [2.05, 4.69) is 39.8 Å². The van der Waals surface area contributed by atoms with E-state index in [1.54, 1.807) is 7.11 Å². The van der Waals surface area contributed by atoms with E-state index in [9.17, 15) is 0 Å². The molecule has 1 aromatic carbocycles. The molecule has 1 aliphatic carbocycles.